The quantitative estimate of drug-likeness (QED) is 0.272. The Morgan fingerprint density at radius 2 is 2.30 bits per heavy atom. The smallest absolute Gasteiger partial charge is 0.0537 e. The molecule has 0 saturated heterocycles. The average molecular weight is 136 g/mol. The number of nitrogens with zero attached hydrogens (tertiary/aromatic N) is 1. The van der Waals surface area contributed by atoms with E-state index in [0.717, 1.165) is 5.57 Å². The second-order valence-corrected chi connectivity index (χ2v) is 1.68. The van der Waals surface area contributed by atoms with Crippen molar-refractivity contribution in [2.75, 3.05) is 0 Å². The predicted molar refractivity (Wildman–Crippen MR) is 45.8 cm³/mol. The van der Waals surface area contributed by atoms with Gasteiger partial charge in [-0.1, -0.05) is 30.9 Å². The Balaban J connectivity index is 4.25. The van der Waals surface area contributed by atoms with Crippen molar-refractivity contribution < 1.29 is 0 Å². The highest BCUT2D eigenvalue weighted by molar-refractivity contribution is 5.82. The molecule has 54 valence electrons. The summed E-state index contributed by atoms with van der Waals surface area (Å²) >= 11 is 0. The van der Waals surface area contributed by atoms with Crippen molar-refractivity contribution in [3.63, 3.8) is 0 Å². The van der Waals surface area contributed by atoms with Gasteiger partial charge in [-0.3, -0.25) is 0 Å². The molecule has 0 heterocycles. The Hall–Kier alpha value is -1.31. The van der Waals surface area contributed by atoms with Crippen molar-refractivity contribution in [1.29, 1.82) is 0 Å². The zero-order valence-corrected chi connectivity index (χ0v) is 6.12. The summed E-state index contributed by atoms with van der Waals surface area (Å²) in [6.07, 6.45) is 8.91. The first-order chi connectivity index (χ1) is 4.85. The second kappa shape index (κ2) is 5.82. The summed E-state index contributed by atoms with van der Waals surface area (Å²) in [7, 11) is 0. The Morgan fingerprint density at radius 3 is 2.70 bits per heavy atom. The molecule has 0 bridgehead atoms. The first kappa shape index (κ1) is 8.69. The first-order valence-corrected chi connectivity index (χ1v) is 3.03. The number of nitrogens with two attached hydrogens (primary N) is 1. The Kier molecular flexibility index (Phi) is 5.06. The van der Waals surface area contributed by atoms with Crippen molar-refractivity contribution in [3.8, 4) is 0 Å². The van der Waals surface area contributed by atoms with E-state index in [4.69, 9.17) is 5.84 Å². The van der Waals surface area contributed by atoms with Gasteiger partial charge < -0.3 is 5.84 Å². The molecule has 0 aliphatic rings. The first-order valence-electron chi connectivity index (χ1n) is 3.03. The lowest BCUT2D eigenvalue weighted by molar-refractivity contribution is 1.26. The van der Waals surface area contributed by atoms with Crippen LogP contribution in [-0.2, 0) is 0 Å². The van der Waals surface area contributed by atoms with Gasteiger partial charge in [0, 0.05) is 0 Å². The molecule has 0 atom stereocenters. The molecule has 0 radical (unpaired) electrons. The normalized spacial score (nSPS) is 13.1. The summed E-state index contributed by atoms with van der Waals surface area (Å²) in [6.45, 7) is 5.48. The van der Waals surface area contributed by atoms with E-state index in [1.807, 2.05) is 25.2 Å². The highest BCUT2D eigenvalue weighted by Crippen LogP contribution is 1.92. The molecule has 0 spiro atoms. The van der Waals surface area contributed by atoms with Crippen LogP contribution in [0.1, 0.15) is 6.92 Å². The van der Waals surface area contributed by atoms with Crippen molar-refractivity contribution in [2.45, 2.75) is 6.92 Å². The van der Waals surface area contributed by atoms with Gasteiger partial charge in [0.2, 0.25) is 0 Å². The van der Waals surface area contributed by atoms with E-state index < -0.39 is 0 Å². The summed E-state index contributed by atoms with van der Waals surface area (Å²) < 4.78 is 0. The van der Waals surface area contributed by atoms with Gasteiger partial charge in [-0.25, -0.2) is 0 Å². The van der Waals surface area contributed by atoms with E-state index in [1.54, 1.807) is 12.3 Å². The van der Waals surface area contributed by atoms with Gasteiger partial charge in [-0.05, 0) is 12.5 Å². The minimum atomic E-state index is 0.944. The molecule has 0 rings (SSSR count). The minimum absolute atomic E-state index is 0.944. The van der Waals surface area contributed by atoms with Crippen LogP contribution in [0.3, 0.4) is 0 Å². The molecule has 0 aromatic heterocycles. The summed E-state index contributed by atoms with van der Waals surface area (Å²) in [4.78, 5) is 0. The SMILES string of the molecule is C=C/C=C(\C=C/C)/C=N/N. The van der Waals surface area contributed by atoms with E-state index in [1.165, 1.54) is 0 Å². The molecule has 2 heteroatoms. The Labute approximate surface area is 61.4 Å². The molecule has 0 amide bonds. The number of hydrogen-bond donors (Lipinski definition) is 1. The highest BCUT2D eigenvalue weighted by atomic mass is 15.1. The fourth-order valence-electron chi connectivity index (χ4n) is 0.556. The monoisotopic (exact) mass is 136 g/mol. The third-order valence-corrected chi connectivity index (χ3v) is 0.893. The molecule has 0 aromatic carbocycles. The van der Waals surface area contributed by atoms with Gasteiger partial charge in [0.1, 0.15) is 0 Å². The number of rotatable bonds is 3. The molecule has 10 heavy (non-hydrogen) atoms. The topological polar surface area (TPSA) is 38.4 Å². The van der Waals surface area contributed by atoms with E-state index >= 15 is 0 Å². The van der Waals surface area contributed by atoms with E-state index in [0.29, 0.717) is 0 Å². The lowest BCUT2D eigenvalue weighted by Gasteiger charge is -1.86. The average Bonchev–Trinajstić information content (AvgIpc) is 1.90. The summed E-state index contributed by atoms with van der Waals surface area (Å²) in [5, 5.41) is 3.38. The Morgan fingerprint density at radius 1 is 1.60 bits per heavy atom. The maximum absolute atomic E-state index is 4.95. The van der Waals surface area contributed by atoms with Crippen LogP contribution >= 0.6 is 0 Å². The van der Waals surface area contributed by atoms with E-state index in [9.17, 15) is 0 Å². The largest absolute Gasteiger partial charge is 0.323 e. The van der Waals surface area contributed by atoms with Crippen molar-refractivity contribution in [3.05, 3.63) is 36.5 Å². The van der Waals surface area contributed by atoms with Gasteiger partial charge in [-0.15, -0.1) is 0 Å². The molecule has 0 unspecified atom stereocenters. The molecule has 0 aliphatic carbocycles. The van der Waals surface area contributed by atoms with Crippen LogP contribution in [0.25, 0.3) is 0 Å². The van der Waals surface area contributed by atoms with Crippen LogP contribution in [0.5, 0.6) is 0 Å². The molecule has 0 saturated carbocycles. The number of hydrogen-bond acceptors (Lipinski definition) is 2. The number of allylic oxidation sites excluding steroid dienone is 5. The second-order valence-electron chi connectivity index (χ2n) is 1.68. The molecule has 2 N–H and O–H groups in total. The van der Waals surface area contributed by atoms with Crippen LogP contribution < -0.4 is 5.84 Å². The molecule has 0 aliphatic heterocycles. The fourth-order valence-corrected chi connectivity index (χ4v) is 0.556. The number of hydrazone groups is 1. The molecule has 0 aromatic rings. The van der Waals surface area contributed by atoms with Gasteiger partial charge >= 0.3 is 0 Å². The van der Waals surface area contributed by atoms with Crippen molar-refractivity contribution in [1.82, 2.24) is 0 Å². The summed E-state index contributed by atoms with van der Waals surface area (Å²) in [5.41, 5.74) is 0.944. The highest BCUT2D eigenvalue weighted by Gasteiger charge is 1.80. The van der Waals surface area contributed by atoms with Gasteiger partial charge in [0.25, 0.3) is 0 Å². The minimum Gasteiger partial charge on any atom is -0.323 e. The summed E-state index contributed by atoms with van der Waals surface area (Å²) in [6, 6.07) is 0. The van der Waals surface area contributed by atoms with Crippen LogP contribution in [0.2, 0.25) is 0 Å². The van der Waals surface area contributed by atoms with Crippen LogP contribution in [0.4, 0.5) is 0 Å². The summed E-state index contributed by atoms with van der Waals surface area (Å²) in [5.74, 6) is 4.95. The maximum Gasteiger partial charge on any atom is 0.0537 e. The van der Waals surface area contributed by atoms with Crippen LogP contribution in [-0.4, -0.2) is 6.21 Å². The zero-order valence-electron chi connectivity index (χ0n) is 6.12. The third kappa shape index (κ3) is 3.66. The van der Waals surface area contributed by atoms with Crippen LogP contribution in [0, 0.1) is 0 Å². The van der Waals surface area contributed by atoms with Gasteiger partial charge in [-0.2, -0.15) is 5.10 Å². The third-order valence-electron chi connectivity index (χ3n) is 0.893. The standard InChI is InChI=1S/C8H12N2/c1-3-5-8(6-4-2)7-10-9/h3-7H,1,9H2,2H3/b6-4-,8-5+,10-7+. The molecule has 0 fully saturated rings. The lowest BCUT2D eigenvalue weighted by Crippen LogP contribution is -1.84. The lowest BCUT2D eigenvalue weighted by atomic mass is 10.2. The zero-order chi connectivity index (χ0) is 7.82. The van der Waals surface area contributed by atoms with Crippen molar-refractivity contribution in [2.24, 2.45) is 10.9 Å². The van der Waals surface area contributed by atoms with Gasteiger partial charge in [0.05, 0.1) is 6.21 Å². The van der Waals surface area contributed by atoms with Gasteiger partial charge in [0.15, 0.2) is 0 Å². The van der Waals surface area contributed by atoms with Crippen LogP contribution in [0.15, 0.2) is 41.6 Å². The van der Waals surface area contributed by atoms with E-state index in [2.05, 4.69) is 11.7 Å². The fraction of sp³-hybridized carbons (Fsp3) is 0.125. The predicted octanol–water partition coefficient (Wildman–Crippen LogP) is 1.62. The Bertz CT molecular complexity index is 162. The van der Waals surface area contributed by atoms with Crippen molar-refractivity contribution >= 4 is 6.21 Å². The molecule has 2 nitrogen and oxygen atoms in total. The molecular formula is C8H12N2. The maximum atomic E-state index is 4.95. The molecular weight excluding hydrogens is 124 g/mol. The van der Waals surface area contributed by atoms with E-state index in [-0.39, 0.29) is 0 Å².